The van der Waals surface area contributed by atoms with E-state index in [1.807, 2.05) is 47.4 Å². The lowest BCUT2D eigenvalue weighted by atomic mass is 9.92. The lowest BCUT2D eigenvalue weighted by Crippen LogP contribution is -2.59. The van der Waals surface area contributed by atoms with E-state index in [9.17, 15) is 9.59 Å². The molecule has 9 heteroatoms. The van der Waals surface area contributed by atoms with Crippen molar-refractivity contribution < 1.29 is 14.3 Å². The highest BCUT2D eigenvalue weighted by atomic mass is 32.1. The molecule has 0 radical (unpaired) electrons. The number of nitrogens with one attached hydrogen (secondary N) is 2. The molecule has 2 aromatic carbocycles. The van der Waals surface area contributed by atoms with E-state index < -0.39 is 5.54 Å². The number of rotatable bonds is 9. The summed E-state index contributed by atoms with van der Waals surface area (Å²) < 4.78 is 5.25. The number of carbonyl (C=O) groups excluding carboxylic acids is 2. The van der Waals surface area contributed by atoms with Gasteiger partial charge in [0.15, 0.2) is 5.11 Å². The Morgan fingerprint density at radius 1 is 1.10 bits per heavy atom. The van der Waals surface area contributed by atoms with Gasteiger partial charge in [0.1, 0.15) is 11.3 Å². The van der Waals surface area contributed by atoms with Gasteiger partial charge in [-0.3, -0.25) is 14.6 Å². The highest BCUT2D eigenvalue weighted by Crippen LogP contribution is 2.38. The van der Waals surface area contributed by atoms with Crippen LogP contribution in [0.25, 0.3) is 0 Å². The van der Waals surface area contributed by atoms with Crippen LogP contribution in [0.1, 0.15) is 42.9 Å². The van der Waals surface area contributed by atoms with Gasteiger partial charge in [0.2, 0.25) is 11.8 Å². The quantitative estimate of drug-likeness (QED) is 0.389. The lowest BCUT2D eigenvalue weighted by Gasteiger charge is -2.41. The normalized spacial score (nSPS) is 17.9. The van der Waals surface area contributed by atoms with Gasteiger partial charge in [-0.05, 0) is 66.5 Å². The van der Waals surface area contributed by atoms with Crippen molar-refractivity contribution in [3.05, 3.63) is 90.3 Å². The highest BCUT2D eigenvalue weighted by Gasteiger charge is 2.49. The van der Waals surface area contributed by atoms with Crippen molar-refractivity contribution in [2.45, 2.75) is 43.8 Å². The molecule has 2 fully saturated rings. The zero-order valence-corrected chi connectivity index (χ0v) is 22.8. The van der Waals surface area contributed by atoms with Crippen LogP contribution in [-0.2, 0) is 16.1 Å². The Bertz CT molecular complexity index is 1300. The molecule has 1 unspecified atom stereocenters. The van der Waals surface area contributed by atoms with Gasteiger partial charge in [0.05, 0.1) is 19.7 Å². The van der Waals surface area contributed by atoms with Crippen LogP contribution in [0.4, 0.5) is 5.69 Å². The molecule has 39 heavy (non-hydrogen) atoms. The summed E-state index contributed by atoms with van der Waals surface area (Å²) in [6, 6.07) is 21.1. The fourth-order valence-electron chi connectivity index (χ4n) is 5.50. The first-order chi connectivity index (χ1) is 19.0. The van der Waals surface area contributed by atoms with Crippen LogP contribution in [0.5, 0.6) is 5.75 Å². The number of benzene rings is 2. The summed E-state index contributed by atoms with van der Waals surface area (Å²) in [4.78, 5) is 36.0. The molecule has 1 aliphatic heterocycles. The van der Waals surface area contributed by atoms with E-state index in [2.05, 4.69) is 27.8 Å². The SMILES string of the molecule is COc1ccc(NC(=O)C2(N(Cc3cccnc3)C(=O)CN3CC(c4ccccc4)NC3=S)CCCC2)cc1. The summed E-state index contributed by atoms with van der Waals surface area (Å²) in [6.45, 7) is 0.964. The van der Waals surface area contributed by atoms with E-state index >= 15 is 0 Å². The molecule has 1 aliphatic carbocycles. The monoisotopic (exact) mass is 543 g/mol. The molecule has 8 nitrogen and oxygen atoms in total. The number of methoxy groups -OCH3 is 1. The Labute approximate surface area is 234 Å². The number of hydrogen-bond donors (Lipinski definition) is 2. The molecule has 1 saturated heterocycles. The maximum absolute atomic E-state index is 14.1. The van der Waals surface area contributed by atoms with Crippen LogP contribution in [0, 0.1) is 0 Å². The number of nitrogens with zero attached hydrogens (tertiary/aromatic N) is 3. The molecule has 2 aliphatic rings. The fraction of sp³-hybridized carbons (Fsp3) is 0.333. The molecule has 5 rings (SSSR count). The van der Waals surface area contributed by atoms with Gasteiger partial charge >= 0.3 is 0 Å². The van der Waals surface area contributed by atoms with Crippen LogP contribution >= 0.6 is 12.2 Å². The summed E-state index contributed by atoms with van der Waals surface area (Å²) in [7, 11) is 1.60. The minimum Gasteiger partial charge on any atom is -0.497 e. The number of hydrogen-bond acceptors (Lipinski definition) is 5. The van der Waals surface area contributed by atoms with Crippen LogP contribution in [0.2, 0.25) is 0 Å². The maximum Gasteiger partial charge on any atom is 0.250 e. The van der Waals surface area contributed by atoms with Crippen molar-refractivity contribution in [3.8, 4) is 5.75 Å². The van der Waals surface area contributed by atoms with Gasteiger partial charge in [-0.25, -0.2) is 0 Å². The van der Waals surface area contributed by atoms with Crippen LogP contribution in [0.15, 0.2) is 79.1 Å². The van der Waals surface area contributed by atoms with E-state index in [0.29, 0.717) is 42.5 Å². The van der Waals surface area contributed by atoms with Crippen molar-refractivity contribution in [2.75, 3.05) is 25.5 Å². The third-order valence-corrected chi connectivity index (χ3v) is 7.97. The van der Waals surface area contributed by atoms with Gasteiger partial charge in [-0.2, -0.15) is 0 Å². The molecule has 3 aromatic rings. The molecule has 1 aromatic heterocycles. The molecule has 202 valence electrons. The first kappa shape index (κ1) is 26.6. The van der Waals surface area contributed by atoms with Crippen LogP contribution in [0.3, 0.4) is 0 Å². The van der Waals surface area contributed by atoms with Crippen molar-refractivity contribution in [1.82, 2.24) is 20.1 Å². The van der Waals surface area contributed by atoms with Crippen molar-refractivity contribution in [2.24, 2.45) is 0 Å². The number of pyridine rings is 1. The second-order valence-electron chi connectivity index (χ2n) is 10.1. The third-order valence-electron chi connectivity index (χ3n) is 7.60. The average molecular weight is 544 g/mol. The van der Waals surface area contributed by atoms with E-state index in [-0.39, 0.29) is 24.4 Å². The predicted octanol–water partition coefficient (Wildman–Crippen LogP) is 4.30. The molecule has 2 heterocycles. The molecule has 1 saturated carbocycles. The van der Waals surface area contributed by atoms with Crippen molar-refractivity contribution in [1.29, 1.82) is 0 Å². The molecule has 2 amide bonds. The summed E-state index contributed by atoms with van der Waals surface area (Å²) in [5.41, 5.74) is 1.68. The van der Waals surface area contributed by atoms with E-state index in [0.717, 1.165) is 24.0 Å². The summed E-state index contributed by atoms with van der Waals surface area (Å²) in [5.74, 6) is 0.399. The van der Waals surface area contributed by atoms with E-state index in [1.165, 1.54) is 0 Å². The van der Waals surface area contributed by atoms with E-state index in [1.54, 1.807) is 36.5 Å². The smallest absolute Gasteiger partial charge is 0.250 e. The number of ether oxygens (including phenoxy) is 1. The molecule has 0 spiro atoms. The number of anilines is 1. The zero-order chi connectivity index (χ0) is 27.2. The lowest BCUT2D eigenvalue weighted by molar-refractivity contribution is -0.146. The Hall–Kier alpha value is -3.98. The van der Waals surface area contributed by atoms with Gasteiger partial charge in [0, 0.05) is 31.2 Å². The minimum absolute atomic E-state index is 0.0112. The largest absolute Gasteiger partial charge is 0.497 e. The third kappa shape index (κ3) is 5.88. The molecule has 1 atom stereocenters. The zero-order valence-electron chi connectivity index (χ0n) is 22.0. The van der Waals surface area contributed by atoms with Crippen LogP contribution in [-0.4, -0.2) is 57.4 Å². The second-order valence-corrected chi connectivity index (χ2v) is 10.4. The Morgan fingerprint density at radius 2 is 1.85 bits per heavy atom. The number of aromatic nitrogens is 1. The van der Waals surface area contributed by atoms with Gasteiger partial charge in [-0.1, -0.05) is 49.2 Å². The average Bonchev–Trinajstić information content (AvgIpc) is 3.61. The molecule has 0 bridgehead atoms. The molecule has 2 N–H and O–H groups in total. The topological polar surface area (TPSA) is 86.8 Å². The molecular formula is C30H33N5O3S. The standard InChI is InChI=1S/C30H33N5O3S/c1-38-25-13-11-24(12-14-25)32-28(37)30(15-5-6-16-30)35(19-22-8-7-17-31-18-22)27(36)21-34-20-26(33-29(34)39)23-9-3-2-4-10-23/h2-4,7-14,17-18,26H,5-6,15-16,19-21H2,1H3,(H,32,37)(H,33,39). The number of carbonyl (C=O) groups is 2. The minimum atomic E-state index is -0.972. The summed E-state index contributed by atoms with van der Waals surface area (Å²) in [5, 5.41) is 6.96. The second kappa shape index (κ2) is 11.8. The van der Waals surface area contributed by atoms with Crippen molar-refractivity contribution >= 4 is 34.8 Å². The van der Waals surface area contributed by atoms with E-state index in [4.69, 9.17) is 17.0 Å². The number of thiocarbonyl (C=S) groups is 1. The number of amides is 2. The first-order valence-electron chi connectivity index (χ1n) is 13.2. The Kier molecular flexibility index (Phi) is 8.07. The highest BCUT2D eigenvalue weighted by molar-refractivity contribution is 7.80. The Balaban J connectivity index is 1.39. The first-order valence-corrected chi connectivity index (χ1v) is 13.6. The molecular weight excluding hydrogens is 510 g/mol. The van der Waals surface area contributed by atoms with Crippen molar-refractivity contribution in [3.63, 3.8) is 0 Å². The van der Waals surface area contributed by atoms with Crippen LogP contribution < -0.4 is 15.4 Å². The predicted molar refractivity (Wildman–Crippen MR) is 154 cm³/mol. The summed E-state index contributed by atoms with van der Waals surface area (Å²) >= 11 is 5.62. The van der Waals surface area contributed by atoms with Gasteiger partial charge < -0.3 is 25.2 Å². The maximum atomic E-state index is 14.1. The Morgan fingerprint density at radius 3 is 2.51 bits per heavy atom. The fourth-order valence-corrected chi connectivity index (χ4v) is 5.78. The summed E-state index contributed by atoms with van der Waals surface area (Å²) in [6.07, 6.45) is 6.37. The van der Waals surface area contributed by atoms with Gasteiger partial charge in [0.25, 0.3) is 0 Å². The van der Waals surface area contributed by atoms with Gasteiger partial charge in [-0.15, -0.1) is 0 Å².